The summed E-state index contributed by atoms with van der Waals surface area (Å²) in [6.45, 7) is -3.00. The third kappa shape index (κ3) is 3.53. The minimum absolute atomic E-state index is 0.116. The summed E-state index contributed by atoms with van der Waals surface area (Å²) in [5, 5.41) is 14.9. The molecule has 0 bridgehead atoms. The molecule has 0 unspecified atom stereocenters. The SMILES string of the molecule is O=C(Nc1ccc(OC(F)F)c2ncccc12)c1csc([N+](=O)[O-])c1. The predicted molar refractivity (Wildman–Crippen MR) is 87.3 cm³/mol. The number of ether oxygens (including phenoxy) is 1. The summed E-state index contributed by atoms with van der Waals surface area (Å²) in [5.74, 6) is -0.674. The average Bonchev–Trinajstić information content (AvgIpc) is 3.07. The maximum Gasteiger partial charge on any atom is 0.387 e. The largest absolute Gasteiger partial charge is 0.432 e. The number of hydrogen-bond donors (Lipinski definition) is 1. The van der Waals surface area contributed by atoms with Crippen LogP contribution in [-0.4, -0.2) is 22.4 Å². The second kappa shape index (κ2) is 6.77. The van der Waals surface area contributed by atoms with Gasteiger partial charge in [-0.25, -0.2) is 0 Å². The molecular weight excluding hydrogens is 356 g/mol. The number of hydrogen-bond acceptors (Lipinski definition) is 6. The number of anilines is 1. The highest BCUT2D eigenvalue weighted by molar-refractivity contribution is 7.13. The van der Waals surface area contributed by atoms with E-state index in [0.717, 1.165) is 17.4 Å². The van der Waals surface area contributed by atoms with Gasteiger partial charge in [-0.05, 0) is 24.3 Å². The first kappa shape index (κ1) is 16.7. The lowest BCUT2D eigenvalue weighted by Crippen LogP contribution is -2.11. The van der Waals surface area contributed by atoms with Crippen molar-refractivity contribution < 1.29 is 23.2 Å². The topological polar surface area (TPSA) is 94.4 Å². The van der Waals surface area contributed by atoms with Crippen molar-refractivity contribution in [1.82, 2.24) is 4.98 Å². The molecule has 0 aliphatic rings. The number of nitrogens with zero attached hydrogens (tertiary/aromatic N) is 2. The summed E-state index contributed by atoms with van der Waals surface area (Å²) in [7, 11) is 0. The molecule has 1 amide bonds. The van der Waals surface area contributed by atoms with E-state index in [1.165, 1.54) is 23.7 Å². The summed E-state index contributed by atoms with van der Waals surface area (Å²) in [5.41, 5.74) is 0.613. The van der Waals surface area contributed by atoms with Crippen LogP contribution in [0.15, 0.2) is 41.9 Å². The van der Waals surface area contributed by atoms with Gasteiger partial charge in [0.05, 0.1) is 16.2 Å². The zero-order valence-electron chi connectivity index (χ0n) is 12.3. The van der Waals surface area contributed by atoms with E-state index in [0.29, 0.717) is 11.1 Å². The monoisotopic (exact) mass is 365 g/mol. The fourth-order valence-electron chi connectivity index (χ4n) is 2.18. The summed E-state index contributed by atoms with van der Waals surface area (Å²) in [4.78, 5) is 26.4. The minimum atomic E-state index is -3.00. The minimum Gasteiger partial charge on any atom is -0.432 e. The van der Waals surface area contributed by atoms with Crippen LogP contribution in [0, 0.1) is 10.1 Å². The van der Waals surface area contributed by atoms with Gasteiger partial charge in [0.25, 0.3) is 5.91 Å². The van der Waals surface area contributed by atoms with E-state index in [9.17, 15) is 23.7 Å². The van der Waals surface area contributed by atoms with Crippen molar-refractivity contribution in [2.45, 2.75) is 6.61 Å². The molecule has 0 aliphatic carbocycles. The number of rotatable bonds is 5. The van der Waals surface area contributed by atoms with Crippen molar-refractivity contribution in [2.24, 2.45) is 0 Å². The molecule has 0 atom stereocenters. The van der Waals surface area contributed by atoms with Crippen LogP contribution in [0.25, 0.3) is 10.9 Å². The van der Waals surface area contributed by atoms with Crippen LogP contribution in [0.1, 0.15) is 10.4 Å². The van der Waals surface area contributed by atoms with Crippen LogP contribution in [0.3, 0.4) is 0 Å². The molecule has 0 fully saturated rings. The van der Waals surface area contributed by atoms with E-state index >= 15 is 0 Å². The number of nitrogens with one attached hydrogen (secondary N) is 1. The molecule has 0 aliphatic heterocycles. The van der Waals surface area contributed by atoms with Crippen molar-refractivity contribution in [3.05, 3.63) is 57.6 Å². The van der Waals surface area contributed by atoms with Gasteiger partial charge in [0.15, 0.2) is 5.75 Å². The summed E-state index contributed by atoms with van der Waals surface area (Å²) in [6, 6.07) is 7.01. The van der Waals surface area contributed by atoms with Gasteiger partial charge in [-0.2, -0.15) is 8.78 Å². The Morgan fingerprint density at radius 2 is 2.16 bits per heavy atom. The van der Waals surface area contributed by atoms with Gasteiger partial charge in [-0.15, -0.1) is 0 Å². The molecule has 1 N–H and O–H groups in total. The number of amides is 1. The number of aromatic nitrogens is 1. The van der Waals surface area contributed by atoms with Crippen LogP contribution in [0.2, 0.25) is 0 Å². The highest BCUT2D eigenvalue weighted by Gasteiger charge is 2.17. The van der Waals surface area contributed by atoms with E-state index in [1.807, 2.05) is 0 Å². The van der Waals surface area contributed by atoms with Gasteiger partial charge < -0.3 is 10.1 Å². The van der Waals surface area contributed by atoms with E-state index in [4.69, 9.17) is 0 Å². The first-order valence-corrected chi connectivity index (χ1v) is 7.70. The lowest BCUT2D eigenvalue weighted by atomic mass is 10.1. The van der Waals surface area contributed by atoms with Crippen molar-refractivity contribution in [3.8, 4) is 5.75 Å². The quantitative estimate of drug-likeness (QED) is 0.543. The molecule has 0 saturated carbocycles. The number of halogens is 2. The Bertz CT molecular complexity index is 961. The van der Waals surface area contributed by atoms with Crippen molar-refractivity contribution in [2.75, 3.05) is 5.32 Å². The Kier molecular flexibility index (Phi) is 4.52. The molecule has 2 aromatic heterocycles. The molecule has 0 saturated heterocycles. The summed E-state index contributed by atoms with van der Waals surface area (Å²) >= 11 is 0.834. The number of alkyl halides is 2. The fraction of sp³-hybridized carbons (Fsp3) is 0.0667. The Morgan fingerprint density at radius 3 is 2.84 bits per heavy atom. The Hall–Kier alpha value is -3.14. The second-order valence-electron chi connectivity index (χ2n) is 4.77. The number of thiophene rings is 1. The van der Waals surface area contributed by atoms with Crippen LogP contribution in [0.5, 0.6) is 5.75 Å². The fourth-order valence-corrected chi connectivity index (χ4v) is 2.88. The van der Waals surface area contributed by atoms with Crippen molar-refractivity contribution >= 4 is 38.8 Å². The Balaban J connectivity index is 1.93. The molecule has 10 heteroatoms. The molecule has 3 aromatic rings. The highest BCUT2D eigenvalue weighted by atomic mass is 32.1. The predicted octanol–water partition coefficient (Wildman–Crippen LogP) is 4.06. The van der Waals surface area contributed by atoms with Crippen molar-refractivity contribution in [1.29, 1.82) is 0 Å². The van der Waals surface area contributed by atoms with Gasteiger partial charge in [0.1, 0.15) is 5.52 Å². The molecule has 0 radical (unpaired) electrons. The zero-order chi connectivity index (χ0) is 18.0. The lowest BCUT2D eigenvalue weighted by Gasteiger charge is -2.11. The number of pyridine rings is 1. The number of fused-ring (bicyclic) bond motifs is 1. The first-order valence-electron chi connectivity index (χ1n) is 6.82. The molecule has 0 spiro atoms. The molecular formula is C15H9F2N3O4S. The smallest absolute Gasteiger partial charge is 0.387 e. The van der Waals surface area contributed by atoms with Gasteiger partial charge in [-0.1, -0.05) is 11.3 Å². The molecule has 128 valence electrons. The first-order chi connectivity index (χ1) is 12.0. The number of nitro groups is 1. The normalized spacial score (nSPS) is 10.8. The maximum atomic E-state index is 12.5. The van der Waals surface area contributed by atoms with E-state index < -0.39 is 17.4 Å². The molecule has 3 rings (SSSR count). The lowest BCUT2D eigenvalue weighted by molar-refractivity contribution is -0.380. The number of benzene rings is 1. The molecule has 1 aromatic carbocycles. The molecule has 7 nitrogen and oxygen atoms in total. The van der Waals surface area contributed by atoms with Gasteiger partial charge in [0, 0.05) is 23.0 Å². The highest BCUT2D eigenvalue weighted by Crippen LogP contribution is 2.31. The maximum absolute atomic E-state index is 12.5. The Morgan fingerprint density at radius 1 is 1.36 bits per heavy atom. The van der Waals surface area contributed by atoms with E-state index in [2.05, 4.69) is 15.0 Å². The number of carbonyl (C=O) groups is 1. The van der Waals surface area contributed by atoms with E-state index in [-0.39, 0.29) is 21.8 Å². The molecule has 25 heavy (non-hydrogen) atoms. The van der Waals surface area contributed by atoms with Crippen LogP contribution < -0.4 is 10.1 Å². The average molecular weight is 365 g/mol. The second-order valence-corrected chi connectivity index (χ2v) is 5.66. The standard InChI is InChI=1S/C15H9F2N3O4S/c16-15(17)24-11-4-3-10(9-2-1-5-18-13(9)11)19-14(21)8-6-12(20(22)23)25-7-8/h1-7,15H,(H,19,21). The zero-order valence-corrected chi connectivity index (χ0v) is 13.1. The summed E-state index contributed by atoms with van der Waals surface area (Å²) < 4.78 is 29.4. The van der Waals surface area contributed by atoms with E-state index in [1.54, 1.807) is 12.1 Å². The third-order valence-corrected chi connectivity index (χ3v) is 4.10. The van der Waals surface area contributed by atoms with Gasteiger partial charge >= 0.3 is 11.6 Å². The van der Waals surface area contributed by atoms with Crippen LogP contribution in [0.4, 0.5) is 19.5 Å². The van der Waals surface area contributed by atoms with Crippen LogP contribution in [-0.2, 0) is 0 Å². The number of carbonyl (C=O) groups excluding carboxylic acids is 1. The molecule has 2 heterocycles. The van der Waals surface area contributed by atoms with Crippen molar-refractivity contribution in [3.63, 3.8) is 0 Å². The van der Waals surface area contributed by atoms with Gasteiger partial charge in [0.2, 0.25) is 0 Å². The summed E-state index contributed by atoms with van der Waals surface area (Å²) in [6.07, 6.45) is 1.41. The van der Waals surface area contributed by atoms with Gasteiger partial charge in [-0.3, -0.25) is 19.9 Å². The third-order valence-electron chi connectivity index (χ3n) is 3.22. The van der Waals surface area contributed by atoms with Crippen LogP contribution >= 0.6 is 11.3 Å². The Labute approximate surface area is 143 Å².